The second-order valence-electron chi connectivity index (χ2n) is 8.88. The fourth-order valence-corrected chi connectivity index (χ4v) is 5.38. The first kappa shape index (κ1) is 22.2. The molecule has 0 aliphatic carbocycles. The molecule has 2 amide bonds. The summed E-state index contributed by atoms with van der Waals surface area (Å²) in [5.41, 5.74) is 0.164. The summed E-state index contributed by atoms with van der Waals surface area (Å²) in [5, 5.41) is 11.5. The summed E-state index contributed by atoms with van der Waals surface area (Å²) < 4.78 is 11.1. The van der Waals surface area contributed by atoms with Crippen LogP contribution in [-0.2, 0) is 24.7 Å². The van der Waals surface area contributed by atoms with Gasteiger partial charge in [0.25, 0.3) is 17.6 Å². The molecule has 1 N–H and O–H groups in total. The molecule has 3 heterocycles. The van der Waals surface area contributed by atoms with E-state index in [9.17, 15) is 19.5 Å². The number of Topliss-reactive ketones (excluding diaryl/α,β-unsaturated/α-hetero) is 1. The van der Waals surface area contributed by atoms with Crippen LogP contribution in [0.3, 0.4) is 0 Å². The second-order valence-corrected chi connectivity index (χ2v) is 8.88. The first-order valence-corrected chi connectivity index (χ1v) is 11.3. The number of amides is 2. The van der Waals surface area contributed by atoms with Gasteiger partial charge in [0, 0.05) is 37.0 Å². The van der Waals surface area contributed by atoms with Crippen molar-refractivity contribution < 1.29 is 29.0 Å². The average molecular weight is 463 g/mol. The molecule has 0 radical (unpaired) electrons. The van der Waals surface area contributed by atoms with E-state index in [1.165, 1.54) is 9.80 Å². The summed E-state index contributed by atoms with van der Waals surface area (Å²) >= 11 is 0. The third-order valence-electron chi connectivity index (χ3n) is 7.02. The smallest absolute Gasteiger partial charge is 0.296 e. The number of para-hydroxylation sites is 1. The fraction of sp³-hybridized carbons (Fsp3) is 0.346. The molecule has 34 heavy (non-hydrogen) atoms. The highest BCUT2D eigenvalue weighted by Gasteiger charge is 2.67. The van der Waals surface area contributed by atoms with Crippen LogP contribution in [0.5, 0.6) is 5.75 Å². The predicted octanol–water partition coefficient (Wildman–Crippen LogP) is 2.73. The molecule has 3 aliphatic rings. The normalized spacial score (nSPS) is 25.5. The number of carbonyl (C=O) groups excluding carboxylic acids is 3. The van der Waals surface area contributed by atoms with Gasteiger partial charge < -0.3 is 24.4 Å². The molecule has 0 aromatic heterocycles. The molecule has 176 valence electrons. The topological polar surface area (TPSA) is 96.4 Å². The number of rotatable bonds is 4. The Kier molecular flexibility index (Phi) is 5.20. The number of hydrogen-bond acceptors (Lipinski definition) is 6. The Labute approximate surface area is 197 Å². The van der Waals surface area contributed by atoms with Crippen molar-refractivity contribution in [2.75, 3.05) is 32.2 Å². The molecule has 8 heteroatoms. The lowest BCUT2D eigenvalue weighted by Crippen LogP contribution is -2.53. The molecule has 0 saturated carbocycles. The van der Waals surface area contributed by atoms with Gasteiger partial charge >= 0.3 is 0 Å². The van der Waals surface area contributed by atoms with Crippen LogP contribution in [0.15, 0.2) is 48.0 Å². The zero-order valence-corrected chi connectivity index (χ0v) is 19.3. The van der Waals surface area contributed by atoms with Crippen LogP contribution in [0.1, 0.15) is 29.5 Å². The van der Waals surface area contributed by atoms with Crippen LogP contribution in [0, 0.1) is 6.92 Å². The van der Waals surface area contributed by atoms with Crippen LogP contribution in [-0.4, -0.2) is 61.0 Å². The molecule has 2 fully saturated rings. The van der Waals surface area contributed by atoms with Crippen molar-refractivity contribution in [3.63, 3.8) is 0 Å². The van der Waals surface area contributed by atoms with Gasteiger partial charge in [-0.1, -0.05) is 18.2 Å². The Morgan fingerprint density at radius 3 is 2.65 bits per heavy atom. The minimum absolute atomic E-state index is 0.0803. The number of likely N-dealkylation sites (tertiary alicyclic amines) is 1. The Morgan fingerprint density at radius 2 is 1.97 bits per heavy atom. The maximum Gasteiger partial charge on any atom is 0.296 e. The van der Waals surface area contributed by atoms with Crippen LogP contribution >= 0.6 is 0 Å². The number of aryl methyl sites for hydroxylation is 1. The number of aliphatic hydroxyl groups excluding tert-OH is 1. The number of ether oxygens (including phenoxy) is 2. The number of hydrogen-bond donors (Lipinski definition) is 1. The minimum Gasteiger partial charge on any atom is -0.507 e. The van der Waals surface area contributed by atoms with Gasteiger partial charge in [0.05, 0.1) is 18.8 Å². The maximum absolute atomic E-state index is 13.9. The molecule has 1 spiro atoms. The molecular weight excluding hydrogens is 436 g/mol. The number of carbonyl (C=O) groups is 3. The van der Waals surface area contributed by atoms with Crippen molar-refractivity contribution in [2.45, 2.75) is 31.4 Å². The van der Waals surface area contributed by atoms with Crippen LogP contribution in [0.4, 0.5) is 5.69 Å². The van der Waals surface area contributed by atoms with Gasteiger partial charge in [-0.05, 0) is 49.6 Å². The molecule has 2 aromatic carbocycles. The Bertz CT molecular complexity index is 1250. The SMILES string of the molecule is COc1ccc(C(O)=C2C(=O)C(=O)N(C[C@H]3CCCO3)[C@@]23C(=O)N(C)c2ccccc23)cc1C. The summed E-state index contributed by atoms with van der Waals surface area (Å²) in [4.78, 5) is 43.6. The molecule has 5 rings (SSSR count). The Hall–Kier alpha value is -3.65. The van der Waals surface area contributed by atoms with E-state index in [2.05, 4.69) is 0 Å². The maximum atomic E-state index is 13.9. The molecular formula is C26H26N2O6. The summed E-state index contributed by atoms with van der Waals surface area (Å²) in [5.74, 6) is -1.94. The molecule has 3 aliphatic heterocycles. The van der Waals surface area contributed by atoms with E-state index >= 15 is 0 Å². The summed E-state index contributed by atoms with van der Waals surface area (Å²) in [6.45, 7) is 2.46. The van der Waals surface area contributed by atoms with Gasteiger partial charge in [-0.3, -0.25) is 14.4 Å². The summed E-state index contributed by atoms with van der Waals surface area (Å²) in [6.07, 6.45) is 1.28. The quantitative estimate of drug-likeness (QED) is 0.426. The first-order chi connectivity index (χ1) is 16.3. The van der Waals surface area contributed by atoms with E-state index in [4.69, 9.17) is 9.47 Å². The highest BCUT2D eigenvalue weighted by Crippen LogP contribution is 2.53. The average Bonchev–Trinajstić information content (AvgIpc) is 3.49. The van der Waals surface area contributed by atoms with Gasteiger partial charge in [0.2, 0.25) is 0 Å². The zero-order valence-electron chi connectivity index (χ0n) is 19.3. The first-order valence-electron chi connectivity index (χ1n) is 11.3. The highest BCUT2D eigenvalue weighted by molar-refractivity contribution is 6.50. The molecule has 8 nitrogen and oxygen atoms in total. The lowest BCUT2D eigenvalue weighted by atomic mass is 9.81. The lowest BCUT2D eigenvalue weighted by Gasteiger charge is -2.35. The highest BCUT2D eigenvalue weighted by atomic mass is 16.5. The van der Waals surface area contributed by atoms with Crippen molar-refractivity contribution in [1.82, 2.24) is 4.90 Å². The number of methoxy groups -OCH3 is 1. The van der Waals surface area contributed by atoms with E-state index < -0.39 is 28.9 Å². The number of nitrogens with zero attached hydrogens (tertiary/aromatic N) is 2. The number of aliphatic hydroxyl groups is 1. The van der Waals surface area contributed by atoms with E-state index in [0.717, 1.165) is 18.4 Å². The van der Waals surface area contributed by atoms with Crippen LogP contribution in [0.2, 0.25) is 0 Å². The standard InChI is InChI=1S/C26H26N2O6/c1-15-13-16(10-11-20(15)33-3)22(29)21-23(30)24(31)28(14-17-7-6-12-34-17)26(21)18-8-4-5-9-19(18)27(2)25(26)32/h4-5,8-11,13,17,29H,6-7,12,14H2,1-3H3/t17-,26-/m1/s1. The van der Waals surface area contributed by atoms with Crippen molar-refractivity contribution in [1.29, 1.82) is 0 Å². The third kappa shape index (κ3) is 2.91. The molecule has 0 unspecified atom stereocenters. The van der Waals surface area contributed by atoms with Gasteiger partial charge in [-0.15, -0.1) is 0 Å². The van der Waals surface area contributed by atoms with Gasteiger partial charge in [-0.25, -0.2) is 0 Å². The van der Waals surface area contributed by atoms with Crippen LogP contribution in [0.25, 0.3) is 5.76 Å². The third-order valence-corrected chi connectivity index (χ3v) is 7.02. The van der Waals surface area contributed by atoms with Crippen molar-refractivity contribution >= 4 is 29.0 Å². The van der Waals surface area contributed by atoms with E-state index in [0.29, 0.717) is 29.2 Å². The largest absolute Gasteiger partial charge is 0.507 e. The lowest BCUT2D eigenvalue weighted by molar-refractivity contribution is -0.145. The number of likely N-dealkylation sites (N-methyl/N-ethyl adjacent to an activating group) is 1. The summed E-state index contributed by atoms with van der Waals surface area (Å²) in [7, 11) is 3.15. The van der Waals surface area contributed by atoms with E-state index in [-0.39, 0.29) is 18.2 Å². The Balaban J connectivity index is 1.78. The fourth-order valence-electron chi connectivity index (χ4n) is 5.38. The Morgan fingerprint density at radius 1 is 1.21 bits per heavy atom. The van der Waals surface area contributed by atoms with E-state index in [1.54, 1.807) is 56.6 Å². The monoisotopic (exact) mass is 462 g/mol. The molecule has 2 saturated heterocycles. The molecule has 2 aromatic rings. The molecule has 2 atom stereocenters. The van der Waals surface area contributed by atoms with Crippen molar-refractivity contribution in [3.05, 3.63) is 64.7 Å². The van der Waals surface area contributed by atoms with Gasteiger partial charge in [0.1, 0.15) is 11.5 Å². The molecule has 0 bridgehead atoms. The number of benzene rings is 2. The van der Waals surface area contributed by atoms with Crippen molar-refractivity contribution in [3.8, 4) is 5.75 Å². The second kappa shape index (κ2) is 7.99. The number of ketones is 1. The van der Waals surface area contributed by atoms with Crippen molar-refractivity contribution in [2.24, 2.45) is 0 Å². The number of fused-ring (bicyclic) bond motifs is 2. The summed E-state index contributed by atoms with van der Waals surface area (Å²) in [6, 6.07) is 12.0. The van der Waals surface area contributed by atoms with Gasteiger partial charge in [-0.2, -0.15) is 0 Å². The van der Waals surface area contributed by atoms with Gasteiger partial charge in [0.15, 0.2) is 5.54 Å². The number of anilines is 1. The predicted molar refractivity (Wildman–Crippen MR) is 125 cm³/mol. The van der Waals surface area contributed by atoms with E-state index in [1.807, 2.05) is 6.92 Å². The van der Waals surface area contributed by atoms with Crippen LogP contribution < -0.4 is 9.64 Å². The zero-order chi connectivity index (χ0) is 24.2. The minimum atomic E-state index is -1.76.